The number of nitrogens with one attached hydrogen (secondary N) is 1. The third-order valence-electron chi connectivity index (χ3n) is 2.25. The zero-order valence-corrected chi connectivity index (χ0v) is 10.9. The van der Waals surface area contributed by atoms with Gasteiger partial charge in [-0.15, -0.1) is 0 Å². The smallest absolute Gasteiger partial charge is 0.131 e. The van der Waals surface area contributed by atoms with Crippen LogP contribution in [0.4, 0.5) is 11.6 Å². The molecule has 0 spiro atoms. The van der Waals surface area contributed by atoms with Gasteiger partial charge in [-0.25, -0.2) is 9.97 Å². The third-order valence-corrected chi connectivity index (χ3v) is 5.10. The molecule has 0 amide bonds. The van der Waals surface area contributed by atoms with Crippen LogP contribution in [-0.2, 0) is 0 Å². The van der Waals surface area contributed by atoms with Crippen molar-refractivity contribution in [2.24, 2.45) is 0 Å². The van der Waals surface area contributed by atoms with Crippen LogP contribution in [0.15, 0.2) is 6.07 Å². The number of thioether (sulfide) groups is 2. The van der Waals surface area contributed by atoms with Crippen molar-refractivity contribution in [2.45, 2.75) is 12.2 Å². The van der Waals surface area contributed by atoms with E-state index in [4.69, 9.17) is 5.73 Å². The van der Waals surface area contributed by atoms with Crippen molar-refractivity contribution < 1.29 is 0 Å². The number of nitrogens with zero attached hydrogens (tertiary/aromatic N) is 2. The van der Waals surface area contributed by atoms with Crippen molar-refractivity contribution in [1.82, 2.24) is 9.97 Å². The van der Waals surface area contributed by atoms with Crippen LogP contribution in [0.2, 0.25) is 0 Å². The average Bonchev–Trinajstić information content (AvgIpc) is 2.27. The lowest BCUT2D eigenvalue weighted by molar-refractivity contribution is 0.975. The van der Waals surface area contributed by atoms with E-state index in [-0.39, 0.29) is 0 Å². The lowest BCUT2D eigenvalue weighted by atomic mass is 10.4. The Bertz CT molecular complexity index is 332. The second-order valence-corrected chi connectivity index (χ2v) is 6.23. The number of nitrogen functional groups attached to an aromatic ring is 1. The number of aryl methyl sites for hydroxylation is 1. The van der Waals surface area contributed by atoms with E-state index in [1.807, 2.05) is 30.4 Å². The summed E-state index contributed by atoms with van der Waals surface area (Å²) in [5.74, 6) is 5.83. The normalized spacial score (nSPS) is 20.7. The molecule has 1 atom stereocenters. The molecular weight excluding hydrogens is 240 g/mol. The summed E-state index contributed by atoms with van der Waals surface area (Å²) in [4.78, 5) is 8.35. The zero-order chi connectivity index (χ0) is 11.4. The minimum Gasteiger partial charge on any atom is -0.384 e. The number of nitrogens with two attached hydrogens (primary N) is 1. The Hall–Kier alpha value is -0.620. The van der Waals surface area contributed by atoms with Gasteiger partial charge in [-0.2, -0.15) is 23.5 Å². The summed E-state index contributed by atoms with van der Waals surface area (Å²) in [5, 5.41) is 4.01. The molecule has 1 fully saturated rings. The lowest BCUT2D eigenvalue weighted by Gasteiger charge is -2.21. The molecule has 0 bridgehead atoms. The molecule has 0 aliphatic carbocycles. The summed E-state index contributed by atoms with van der Waals surface area (Å²) in [6, 6.07) is 1.79. The maximum Gasteiger partial charge on any atom is 0.131 e. The molecule has 0 saturated carbocycles. The monoisotopic (exact) mass is 256 g/mol. The van der Waals surface area contributed by atoms with Gasteiger partial charge in [-0.3, -0.25) is 0 Å². The Kier molecular flexibility index (Phi) is 4.17. The Morgan fingerprint density at radius 3 is 3.06 bits per heavy atom. The van der Waals surface area contributed by atoms with E-state index in [1.165, 1.54) is 17.3 Å². The van der Waals surface area contributed by atoms with Crippen LogP contribution in [0.5, 0.6) is 0 Å². The minimum atomic E-state index is 0.528. The molecular formula is C10H16N4S2. The third kappa shape index (κ3) is 3.45. The first-order valence-corrected chi connectivity index (χ1v) is 7.49. The summed E-state index contributed by atoms with van der Waals surface area (Å²) in [7, 11) is 0. The quantitative estimate of drug-likeness (QED) is 0.857. The first-order valence-electron chi connectivity index (χ1n) is 5.28. The van der Waals surface area contributed by atoms with Crippen molar-refractivity contribution in [3.63, 3.8) is 0 Å². The van der Waals surface area contributed by atoms with E-state index < -0.39 is 0 Å². The molecule has 1 aliphatic rings. The Morgan fingerprint density at radius 2 is 2.38 bits per heavy atom. The second-order valence-electron chi connectivity index (χ2n) is 3.67. The molecule has 0 aromatic carbocycles. The van der Waals surface area contributed by atoms with Crippen molar-refractivity contribution >= 4 is 35.2 Å². The molecule has 1 aromatic rings. The minimum absolute atomic E-state index is 0.528. The predicted molar refractivity (Wildman–Crippen MR) is 73.2 cm³/mol. The van der Waals surface area contributed by atoms with Crippen molar-refractivity contribution in [3.8, 4) is 0 Å². The molecule has 4 nitrogen and oxygen atoms in total. The Morgan fingerprint density at radius 1 is 1.50 bits per heavy atom. The molecule has 2 rings (SSSR count). The maximum atomic E-state index is 5.67. The summed E-state index contributed by atoms with van der Waals surface area (Å²) < 4.78 is 0. The standard InChI is InChI=1S/C10H16N4S2/c1-7-13-9(11)4-10(14-7)12-5-8-6-15-2-3-16-8/h4,8H,2-3,5-6H2,1H3,(H3,11,12,13,14). The predicted octanol–water partition coefficient (Wildman–Crippen LogP) is 1.63. The highest BCUT2D eigenvalue weighted by atomic mass is 32.2. The van der Waals surface area contributed by atoms with Crippen LogP contribution < -0.4 is 11.1 Å². The van der Waals surface area contributed by atoms with Crippen LogP contribution in [-0.4, -0.2) is 39.0 Å². The maximum absolute atomic E-state index is 5.67. The first-order chi connectivity index (χ1) is 7.74. The van der Waals surface area contributed by atoms with Crippen LogP contribution >= 0.6 is 23.5 Å². The first kappa shape index (κ1) is 11.9. The van der Waals surface area contributed by atoms with Crippen LogP contribution in [0, 0.1) is 6.92 Å². The Balaban J connectivity index is 1.88. The van der Waals surface area contributed by atoms with Crippen molar-refractivity contribution in [3.05, 3.63) is 11.9 Å². The van der Waals surface area contributed by atoms with E-state index >= 15 is 0 Å². The van der Waals surface area contributed by atoms with E-state index in [9.17, 15) is 0 Å². The summed E-state index contributed by atoms with van der Waals surface area (Å²) in [5.41, 5.74) is 5.67. The number of aromatic nitrogens is 2. The van der Waals surface area contributed by atoms with Gasteiger partial charge in [0.2, 0.25) is 0 Å². The van der Waals surface area contributed by atoms with E-state index in [0.717, 1.165) is 12.4 Å². The fraction of sp³-hybridized carbons (Fsp3) is 0.600. The zero-order valence-electron chi connectivity index (χ0n) is 9.27. The van der Waals surface area contributed by atoms with Crippen LogP contribution in [0.3, 0.4) is 0 Å². The average molecular weight is 256 g/mol. The van der Waals surface area contributed by atoms with E-state index in [1.54, 1.807) is 6.07 Å². The summed E-state index contributed by atoms with van der Waals surface area (Å²) in [6.45, 7) is 2.81. The topological polar surface area (TPSA) is 63.8 Å². The van der Waals surface area contributed by atoms with Gasteiger partial charge in [0, 0.05) is 35.1 Å². The van der Waals surface area contributed by atoms with Gasteiger partial charge in [0.1, 0.15) is 17.5 Å². The van der Waals surface area contributed by atoms with Crippen LogP contribution in [0.1, 0.15) is 5.82 Å². The largest absolute Gasteiger partial charge is 0.384 e. The molecule has 1 aliphatic heterocycles. The van der Waals surface area contributed by atoms with E-state index in [2.05, 4.69) is 15.3 Å². The molecule has 0 radical (unpaired) electrons. The molecule has 1 unspecified atom stereocenters. The fourth-order valence-corrected chi connectivity index (χ4v) is 4.17. The number of anilines is 2. The second kappa shape index (κ2) is 5.63. The van der Waals surface area contributed by atoms with Gasteiger partial charge < -0.3 is 11.1 Å². The highest BCUT2D eigenvalue weighted by molar-refractivity contribution is 8.06. The van der Waals surface area contributed by atoms with Gasteiger partial charge in [0.25, 0.3) is 0 Å². The van der Waals surface area contributed by atoms with Crippen molar-refractivity contribution in [1.29, 1.82) is 0 Å². The molecule has 3 N–H and O–H groups in total. The molecule has 1 aromatic heterocycles. The van der Waals surface area contributed by atoms with Crippen LogP contribution in [0.25, 0.3) is 0 Å². The van der Waals surface area contributed by atoms with Gasteiger partial charge in [-0.1, -0.05) is 0 Å². The highest BCUT2D eigenvalue weighted by Gasteiger charge is 2.14. The van der Waals surface area contributed by atoms with Gasteiger partial charge in [0.05, 0.1) is 0 Å². The summed E-state index contributed by atoms with van der Waals surface area (Å²) in [6.07, 6.45) is 0. The number of hydrogen-bond acceptors (Lipinski definition) is 6. The SMILES string of the molecule is Cc1nc(N)cc(NCC2CSCCS2)n1. The number of hydrogen-bond donors (Lipinski definition) is 2. The fourth-order valence-electron chi connectivity index (χ4n) is 1.55. The van der Waals surface area contributed by atoms with Gasteiger partial charge in [0.15, 0.2) is 0 Å². The Labute approximate surface area is 104 Å². The highest BCUT2D eigenvalue weighted by Crippen LogP contribution is 2.24. The van der Waals surface area contributed by atoms with Gasteiger partial charge >= 0.3 is 0 Å². The molecule has 16 heavy (non-hydrogen) atoms. The van der Waals surface area contributed by atoms with Gasteiger partial charge in [-0.05, 0) is 6.92 Å². The van der Waals surface area contributed by atoms with E-state index in [0.29, 0.717) is 16.9 Å². The molecule has 6 heteroatoms. The number of rotatable bonds is 3. The molecule has 2 heterocycles. The lowest BCUT2D eigenvalue weighted by Crippen LogP contribution is -2.23. The molecule has 1 saturated heterocycles. The molecule has 88 valence electrons. The summed E-state index contributed by atoms with van der Waals surface area (Å²) >= 11 is 4.06. The van der Waals surface area contributed by atoms with Crippen molar-refractivity contribution in [2.75, 3.05) is 34.9 Å².